The van der Waals surface area contributed by atoms with E-state index in [1.54, 1.807) is 30.3 Å². The molecule has 1 amide bonds. The SMILES string of the molecule is COC(=O)C(Cc1ccc(OCCCNC(=O)C(C)c2ccccc2)cc1)Nc1ccccc1C(=O)c1ccccc1. The van der Waals surface area contributed by atoms with E-state index >= 15 is 0 Å². The van der Waals surface area contributed by atoms with E-state index in [9.17, 15) is 14.4 Å². The second-order valence-electron chi connectivity index (χ2n) is 9.93. The predicted molar refractivity (Wildman–Crippen MR) is 164 cm³/mol. The summed E-state index contributed by atoms with van der Waals surface area (Å²) in [4.78, 5) is 38.2. The van der Waals surface area contributed by atoms with Gasteiger partial charge < -0.3 is 20.1 Å². The fourth-order valence-corrected chi connectivity index (χ4v) is 4.55. The van der Waals surface area contributed by atoms with Crippen molar-refractivity contribution >= 4 is 23.3 Å². The normalized spacial score (nSPS) is 12.0. The van der Waals surface area contributed by atoms with Crippen molar-refractivity contribution in [3.63, 3.8) is 0 Å². The Bertz CT molecular complexity index is 1460. The highest BCUT2D eigenvalue weighted by molar-refractivity contribution is 6.12. The molecular formula is C35H36N2O5. The molecule has 2 unspecified atom stereocenters. The number of esters is 1. The fourth-order valence-electron chi connectivity index (χ4n) is 4.55. The number of hydrogen-bond acceptors (Lipinski definition) is 6. The van der Waals surface area contributed by atoms with Crippen molar-refractivity contribution in [3.05, 3.63) is 131 Å². The molecule has 2 atom stereocenters. The topological polar surface area (TPSA) is 93.7 Å². The molecule has 42 heavy (non-hydrogen) atoms. The number of ketones is 1. The largest absolute Gasteiger partial charge is 0.494 e. The zero-order chi connectivity index (χ0) is 29.7. The second-order valence-corrected chi connectivity index (χ2v) is 9.93. The van der Waals surface area contributed by atoms with Gasteiger partial charge in [-0.25, -0.2) is 4.79 Å². The average molecular weight is 565 g/mol. The molecule has 0 aliphatic heterocycles. The van der Waals surface area contributed by atoms with E-state index in [2.05, 4.69) is 10.6 Å². The van der Waals surface area contributed by atoms with Gasteiger partial charge in [-0.3, -0.25) is 9.59 Å². The Morgan fingerprint density at radius 3 is 2.12 bits per heavy atom. The molecule has 0 saturated heterocycles. The zero-order valence-corrected chi connectivity index (χ0v) is 23.9. The van der Waals surface area contributed by atoms with Crippen LogP contribution < -0.4 is 15.4 Å². The van der Waals surface area contributed by atoms with E-state index in [1.807, 2.05) is 85.8 Å². The quantitative estimate of drug-likeness (QED) is 0.114. The van der Waals surface area contributed by atoms with E-state index in [-0.39, 0.29) is 17.6 Å². The van der Waals surface area contributed by atoms with Crippen molar-refractivity contribution < 1.29 is 23.9 Å². The van der Waals surface area contributed by atoms with Crippen LogP contribution in [0.5, 0.6) is 5.75 Å². The first-order valence-corrected chi connectivity index (χ1v) is 14.0. The van der Waals surface area contributed by atoms with E-state index in [0.717, 1.165) is 11.1 Å². The number of methoxy groups -OCH3 is 1. The number of carbonyl (C=O) groups is 3. The van der Waals surface area contributed by atoms with Crippen LogP contribution in [-0.4, -0.2) is 44.0 Å². The highest BCUT2D eigenvalue weighted by Gasteiger charge is 2.22. The second kappa shape index (κ2) is 15.2. The Kier molecular flexibility index (Phi) is 10.9. The number of para-hydroxylation sites is 1. The highest BCUT2D eigenvalue weighted by Crippen LogP contribution is 2.22. The van der Waals surface area contributed by atoms with Gasteiger partial charge in [0, 0.05) is 29.8 Å². The van der Waals surface area contributed by atoms with Crippen LogP contribution >= 0.6 is 0 Å². The molecule has 216 valence electrons. The van der Waals surface area contributed by atoms with Crippen molar-refractivity contribution in [3.8, 4) is 5.75 Å². The number of carbonyl (C=O) groups excluding carboxylic acids is 3. The summed E-state index contributed by atoms with van der Waals surface area (Å²) >= 11 is 0. The summed E-state index contributed by atoms with van der Waals surface area (Å²) in [5.41, 5.74) is 3.50. The predicted octanol–water partition coefficient (Wildman–Crippen LogP) is 5.80. The summed E-state index contributed by atoms with van der Waals surface area (Å²) in [6.07, 6.45) is 1.02. The molecule has 0 spiro atoms. The Balaban J connectivity index is 1.29. The number of ether oxygens (including phenoxy) is 2. The Hall–Kier alpha value is -4.91. The third-order valence-electron chi connectivity index (χ3n) is 6.97. The Morgan fingerprint density at radius 1 is 0.786 bits per heavy atom. The van der Waals surface area contributed by atoms with E-state index in [0.29, 0.717) is 48.6 Å². The molecule has 0 saturated carbocycles. The van der Waals surface area contributed by atoms with Gasteiger partial charge in [0.1, 0.15) is 11.8 Å². The van der Waals surface area contributed by atoms with Crippen LogP contribution in [0.25, 0.3) is 0 Å². The number of amides is 1. The molecule has 0 heterocycles. The number of benzene rings is 4. The lowest BCUT2D eigenvalue weighted by Crippen LogP contribution is -2.33. The van der Waals surface area contributed by atoms with Crippen molar-refractivity contribution in [2.75, 3.05) is 25.6 Å². The Labute approximate surface area is 246 Å². The van der Waals surface area contributed by atoms with Gasteiger partial charge in [-0.2, -0.15) is 0 Å². The van der Waals surface area contributed by atoms with Crippen molar-refractivity contribution in [2.24, 2.45) is 0 Å². The maximum Gasteiger partial charge on any atom is 0.328 e. The van der Waals surface area contributed by atoms with Crippen molar-refractivity contribution in [1.82, 2.24) is 5.32 Å². The molecule has 0 bridgehead atoms. The third-order valence-corrected chi connectivity index (χ3v) is 6.97. The number of nitrogens with one attached hydrogen (secondary N) is 2. The molecule has 4 aromatic carbocycles. The maximum atomic E-state index is 13.1. The van der Waals surface area contributed by atoms with Crippen molar-refractivity contribution in [1.29, 1.82) is 0 Å². The first kappa shape index (κ1) is 30.1. The van der Waals surface area contributed by atoms with Crippen LogP contribution in [-0.2, 0) is 20.7 Å². The van der Waals surface area contributed by atoms with Crippen LogP contribution in [0.15, 0.2) is 109 Å². The molecule has 0 aliphatic carbocycles. The minimum atomic E-state index is -0.701. The summed E-state index contributed by atoms with van der Waals surface area (Å²) in [5.74, 6) is -0.0775. The molecule has 2 N–H and O–H groups in total. The number of hydrogen-bond donors (Lipinski definition) is 2. The monoisotopic (exact) mass is 564 g/mol. The summed E-state index contributed by atoms with van der Waals surface area (Å²) in [7, 11) is 1.35. The molecule has 7 nitrogen and oxygen atoms in total. The average Bonchev–Trinajstić information content (AvgIpc) is 3.05. The van der Waals surface area contributed by atoms with Gasteiger partial charge in [-0.15, -0.1) is 0 Å². The minimum Gasteiger partial charge on any atom is -0.494 e. The van der Waals surface area contributed by atoms with Gasteiger partial charge in [0.05, 0.1) is 19.6 Å². The molecular weight excluding hydrogens is 528 g/mol. The first-order chi connectivity index (χ1) is 20.5. The van der Waals surface area contributed by atoms with Crippen LogP contribution in [0.4, 0.5) is 5.69 Å². The molecule has 0 radical (unpaired) electrons. The van der Waals surface area contributed by atoms with Gasteiger partial charge in [0.2, 0.25) is 5.91 Å². The lowest BCUT2D eigenvalue weighted by molar-refractivity contribution is -0.141. The molecule has 4 aromatic rings. The molecule has 0 aliphatic rings. The minimum absolute atomic E-state index is 0.00798. The fraction of sp³-hybridized carbons (Fsp3) is 0.229. The molecule has 0 fully saturated rings. The molecule has 4 rings (SSSR count). The number of rotatable bonds is 14. The highest BCUT2D eigenvalue weighted by atomic mass is 16.5. The van der Waals surface area contributed by atoms with Gasteiger partial charge >= 0.3 is 5.97 Å². The van der Waals surface area contributed by atoms with Crippen LogP contribution in [0.3, 0.4) is 0 Å². The van der Waals surface area contributed by atoms with Crippen LogP contribution in [0.2, 0.25) is 0 Å². The first-order valence-electron chi connectivity index (χ1n) is 14.0. The zero-order valence-electron chi connectivity index (χ0n) is 23.9. The lowest BCUT2D eigenvalue weighted by Gasteiger charge is -2.20. The van der Waals surface area contributed by atoms with E-state index in [1.165, 1.54) is 7.11 Å². The standard InChI is InChI=1S/C35H36N2O5/c1-25(27-12-5-3-6-13-27)34(39)36-22-11-23-42-29-20-18-26(19-21-29)24-32(35(40)41-2)37-31-17-10-9-16-30(31)33(38)28-14-7-4-8-15-28/h3-10,12-21,25,32,37H,11,22-24H2,1-2H3,(H,36,39). The van der Waals surface area contributed by atoms with Gasteiger partial charge in [-0.05, 0) is 48.7 Å². The van der Waals surface area contributed by atoms with Crippen LogP contribution in [0, 0.1) is 0 Å². The summed E-state index contributed by atoms with van der Waals surface area (Å²) in [6, 6.07) is 32.7. The summed E-state index contributed by atoms with van der Waals surface area (Å²) in [5, 5.41) is 6.19. The van der Waals surface area contributed by atoms with E-state index in [4.69, 9.17) is 9.47 Å². The summed E-state index contributed by atoms with van der Waals surface area (Å²) < 4.78 is 10.9. The van der Waals surface area contributed by atoms with Gasteiger partial charge in [0.15, 0.2) is 5.78 Å². The van der Waals surface area contributed by atoms with E-state index < -0.39 is 12.0 Å². The lowest BCUT2D eigenvalue weighted by atomic mass is 10.00. The van der Waals surface area contributed by atoms with Crippen molar-refractivity contribution in [2.45, 2.75) is 31.7 Å². The van der Waals surface area contributed by atoms with Crippen LogP contribution in [0.1, 0.15) is 46.3 Å². The summed E-state index contributed by atoms with van der Waals surface area (Å²) in [6.45, 7) is 2.87. The van der Waals surface area contributed by atoms with Gasteiger partial charge in [-0.1, -0.05) is 84.9 Å². The Morgan fingerprint density at radius 2 is 1.43 bits per heavy atom. The maximum absolute atomic E-state index is 13.1. The molecule has 0 aromatic heterocycles. The molecule has 7 heteroatoms. The number of anilines is 1. The third kappa shape index (κ3) is 8.30. The van der Waals surface area contributed by atoms with Gasteiger partial charge in [0.25, 0.3) is 0 Å². The smallest absolute Gasteiger partial charge is 0.328 e.